The van der Waals surface area contributed by atoms with Crippen LogP contribution in [0.5, 0.6) is 0 Å². The number of aromatic nitrogens is 2. The Balaban J connectivity index is 2.16. The third kappa shape index (κ3) is 2.34. The molecule has 0 N–H and O–H groups in total. The molecule has 3 rings (SSSR count). The van der Waals surface area contributed by atoms with Crippen LogP contribution in [0, 0.1) is 5.82 Å². The van der Waals surface area contributed by atoms with Crippen LogP contribution >= 0.6 is 27.5 Å². The van der Waals surface area contributed by atoms with Crippen molar-refractivity contribution in [3.63, 3.8) is 0 Å². The van der Waals surface area contributed by atoms with Crippen LogP contribution in [-0.4, -0.2) is 22.7 Å². The van der Waals surface area contributed by atoms with Crippen molar-refractivity contribution in [3.8, 4) is 0 Å². The molecule has 0 radical (unpaired) electrons. The summed E-state index contributed by atoms with van der Waals surface area (Å²) in [7, 11) is 0. The van der Waals surface area contributed by atoms with Crippen molar-refractivity contribution in [1.82, 2.24) is 9.66 Å². The van der Waals surface area contributed by atoms with Gasteiger partial charge < -0.3 is 5.01 Å². The molecule has 1 fully saturated rings. The maximum Gasteiger partial charge on any atom is 0.143 e. The molecule has 0 amide bonds. The summed E-state index contributed by atoms with van der Waals surface area (Å²) in [6.07, 6.45) is 3.60. The van der Waals surface area contributed by atoms with Gasteiger partial charge >= 0.3 is 0 Å². The Morgan fingerprint density at radius 3 is 2.68 bits per heavy atom. The fourth-order valence-electron chi connectivity index (χ4n) is 2.59. The van der Waals surface area contributed by atoms with Crippen molar-refractivity contribution in [2.45, 2.75) is 25.1 Å². The van der Waals surface area contributed by atoms with E-state index < -0.39 is 0 Å². The second-order valence-electron chi connectivity index (χ2n) is 4.74. The molecule has 6 heteroatoms. The fraction of sp³-hybridized carbons (Fsp3) is 0.462. The minimum atomic E-state index is -0.295. The first kappa shape index (κ1) is 13.2. The van der Waals surface area contributed by atoms with E-state index in [1.807, 2.05) is 4.68 Å². The fourth-order valence-corrected chi connectivity index (χ4v) is 3.09. The van der Waals surface area contributed by atoms with Crippen LogP contribution in [0.4, 0.5) is 4.39 Å². The molecule has 1 aromatic carbocycles. The van der Waals surface area contributed by atoms with Crippen molar-refractivity contribution >= 4 is 38.6 Å². The lowest BCUT2D eigenvalue weighted by Crippen LogP contribution is -2.39. The van der Waals surface area contributed by atoms with Gasteiger partial charge in [0.1, 0.15) is 11.6 Å². The number of nitrogens with zero attached hydrogens (tertiary/aromatic N) is 3. The molecule has 1 aliphatic heterocycles. The van der Waals surface area contributed by atoms with Gasteiger partial charge in [-0.25, -0.2) is 14.1 Å². The van der Waals surface area contributed by atoms with E-state index in [0.29, 0.717) is 15.9 Å². The second-order valence-corrected chi connectivity index (χ2v) is 5.86. The van der Waals surface area contributed by atoms with Gasteiger partial charge in [0.25, 0.3) is 0 Å². The standard InChI is InChI=1S/C13H14BrClFN3/c14-9-6-12-11(7-10(9)16)17-13(8-15)19(12)18-4-2-1-3-5-18/h6-7H,1-5,8H2. The van der Waals surface area contributed by atoms with Gasteiger partial charge in [0.05, 0.1) is 21.4 Å². The van der Waals surface area contributed by atoms with E-state index in [2.05, 4.69) is 25.9 Å². The van der Waals surface area contributed by atoms with Gasteiger partial charge in [-0.1, -0.05) is 0 Å². The van der Waals surface area contributed by atoms with Crippen molar-refractivity contribution in [1.29, 1.82) is 0 Å². The lowest BCUT2D eigenvalue weighted by molar-refractivity contribution is 0.478. The average Bonchev–Trinajstić information content (AvgIpc) is 2.78. The van der Waals surface area contributed by atoms with Gasteiger partial charge in [-0.15, -0.1) is 11.6 Å². The minimum absolute atomic E-state index is 0.295. The van der Waals surface area contributed by atoms with Crippen molar-refractivity contribution in [2.24, 2.45) is 0 Å². The van der Waals surface area contributed by atoms with Crippen LogP contribution in [0.3, 0.4) is 0 Å². The van der Waals surface area contributed by atoms with Gasteiger partial charge in [-0.3, -0.25) is 0 Å². The number of fused-ring (bicyclic) bond motifs is 1. The third-order valence-electron chi connectivity index (χ3n) is 3.47. The summed E-state index contributed by atoms with van der Waals surface area (Å²) in [5.41, 5.74) is 1.56. The molecule has 0 atom stereocenters. The third-order valence-corrected chi connectivity index (χ3v) is 4.32. The zero-order chi connectivity index (χ0) is 13.4. The molecular weight excluding hydrogens is 333 g/mol. The Labute approximate surface area is 124 Å². The molecule has 1 aliphatic rings. The SMILES string of the molecule is Fc1cc2nc(CCl)n(N3CCCCC3)c2cc1Br. The predicted octanol–water partition coefficient (Wildman–Crippen LogP) is 3.80. The van der Waals surface area contributed by atoms with Gasteiger partial charge in [0.15, 0.2) is 0 Å². The maximum absolute atomic E-state index is 13.6. The van der Waals surface area contributed by atoms with Crippen LogP contribution in [0.1, 0.15) is 25.1 Å². The highest BCUT2D eigenvalue weighted by molar-refractivity contribution is 9.10. The Bertz CT molecular complexity index is 607. The summed E-state index contributed by atoms with van der Waals surface area (Å²) in [4.78, 5) is 4.44. The van der Waals surface area contributed by atoms with E-state index >= 15 is 0 Å². The molecule has 2 aromatic rings. The van der Waals surface area contributed by atoms with Gasteiger partial charge in [0.2, 0.25) is 0 Å². The normalized spacial score (nSPS) is 16.3. The molecule has 1 aromatic heterocycles. The van der Waals surface area contributed by atoms with Crippen molar-refractivity contribution in [2.75, 3.05) is 18.1 Å². The van der Waals surface area contributed by atoms with E-state index in [-0.39, 0.29) is 5.82 Å². The number of halogens is 3. The van der Waals surface area contributed by atoms with Crippen LogP contribution in [-0.2, 0) is 5.88 Å². The summed E-state index contributed by atoms with van der Waals surface area (Å²) in [6, 6.07) is 3.23. The average molecular weight is 347 g/mol. The number of benzene rings is 1. The summed E-state index contributed by atoms with van der Waals surface area (Å²) >= 11 is 9.22. The first-order chi connectivity index (χ1) is 9.20. The van der Waals surface area contributed by atoms with Gasteiger partial charge in [0, 0.05) is 19.2 Å². The van der Waals surface area contributed by atoms with Crippen LogP contribution < -0.4 is 5.01 Å². The number of imidazole rings is 1. The van der Waals surface area contributed by atoms with Crippen molar-refractivity contribution < 1.29 is 4.39 Å². The first-order valence-electron chi connectivity index (χ1n) is 6.38. The summed E-state index contributed by atoms with van der Waals surface area (Å²) < 4.78 is 16.1. The topological polar surface area (TPSA) is 21.1 Å². The van der Waals surface area contributed by atoms with E-state index in [0.717, 1.165) is 24.4 Å². The van der Waals surface area contributed by atoms with Crippen LogP contribution in [0.2, 0.25) is 0 Å². The minimum Gasteiger partial charge on any atom is -0.311 e. The zero-order valence-electron chi connectivity index (χ0n) is 10.4. The molecule has 0 bridgehead atoms. The quantitative estimate of drug-likeness (QED) is 0.771. The largest absolute Gasteiger partial charge is 0.311 e. The molecule has 3 nitrogen and oxygen atoms in total. The summed E-state index contributed by atoms with van der Waals surface area (Å²) in [5, 5.41) is 2.25. The number of rotatable bonds is 2. The first-order valence-corrected chi connectivity index (χ1v) is 7.71. The zero-order valence-corrected chi connectivity index (χ0v) is 12.7. The van der Waals surface area contributed by atoms with E-state index in [4.69, 9.17) is 11.6 Å². The Kier molecular flexibility index (Phi) is 3.67. The second kappa shape index (κ2) is 5.29. The monoisotopic (exact) mass is 345 g/mol. The van der Waals surface area contributed by atoms with Crippen LogP contribution in [0.15, 0.2) is 16.6 Å². The summed E-state index contributed by atoms with van der Waals surface area (Å²) in [5.74, 6) is 0.803. The van der Waals surface area contributed by atoms with E-state index in [1.54, 1.807) is 6.07 Å². The molecular formula is C13H14BrClFN3. The number of hydrogen-bond donors (Lipinski definition) is 0. The molecule has 0 aliphatic carbocycles. The van der Waals surface area contributed by atoms with Crippen molar-refractivity contribution in [3.05, 3.63) is 28.2 Å². The van der Waals surface area contributed by atoms with E-state index in [1.165, 1.54) is 25.3 Å². The highest BCUT2D eigenvalue weighted by Crippen LogP contribution is 2.26. The Morgan fingerprint density at radius 1 is 1.26 bits per heavy atom. The smallest absolute Gasteiger partial charge is 0.143 e. The highest BCUT2D eigenvalue weighted by Gasteiger charge is 2.19. The number of piperidine rings is 1. The number of hydrogen-bond acceptors (Lipinski definition) is 2. The maximum atomic E-state index is 13.6. The van der Waals surface area contributed by atoms with E-state index in [9.17, 15) is 4.39 Å². The lowest BCUT2D eigenvalue weighted by Gasteiger charge is -2.31. The lowest BCUT2D eigenvalue weighted by atomic mass is 10.2. The predicted molar refractivity (Wildman–Crippen MR) is 78.8 cm³/mol. The molecule has 0 unspecified atom stereocenters. The highest BCUT2D eigenvalue weighted by atomic mass is 79.9. The molecule has 1 saturated heterocycles. The molecule has 0 spiro atoms. The molecule has 19 heavy (non-hydrogen) atoms. The van der Waals surface area contributed by atoms with Gasteiger partial charge in [-0.05, 0) is 41.3 Å². The molecule has 2 heterocycles. The van der Waals surface area contributed by atoms with Crippen LogP contribution in [0.25, 0.3) is 11.0 Å². The Morgan fingerprint density at radius 2 is 2.00 bits per heavy atom. The van der Waals surface area contributed by atoms with Gasteiger partial charge in [-0.2, -0.15) is 0 Å². The summed E-state index contributed by atoms with van der Waals surface area (Å²) in [6.45, 7) is 1.98. The molecule has 0 saturated carbocycles. The molecule has 102 valence electrons. The number of alkyl halides is 1. The Hall–Kier alpha value is -0.810.